The number of nitrogens with one attached hydrogen (secondary N) is 1. The van der Waals surface area contributed by atoms with E-state index >= 15 is 0 Å². The van der Waals surface area contributed by atoms with Gasteiger partial charge in [0.05, 0.1) is 11.4 Å². The Balaban J connectivity index is 1.62. The van der Waals surface area contributed by atoms with Crippen molar-refractivity contribution < 1.29 is 4.79 Å². The third-order valence-electron chi connectivity index (χ3n) is 5.42. The van der Waals surface area contributed by atoms with E-state index in [-0.39, 0.29) is 11.7 Å². The van der Waals surface area contributed by atoms with Crippen LogP contribution in [0, 0.1) is 13.8 Å². The number of anilines is 1. The first kappa shape index (κ1) is 21.8. The quantitative estimate of drug-likeness (QED) is 0.365. The summed E-state index contributed by atoms with van der Waals surface area (Å²) in [7, 11) is 0. The van der Waals surface area contributed by atoms with Crippen LogP contribution < -0.4 is 5.32 Å². The maximum atomic E-state index is 12.7. The number of amides is 1. The van der Waals surface area contributed by atoms with Gasteiger partial charge in [-0.1, -0.05) is 73.3 Å². The van der Waals surface area contributed by atoms with Gasteiger partial charge in [-0.25, -0.2) is 0 Å². The lowest BCUT2D eigenvalue weighted by Crippen LogP contribution is -2.15. The number of rotatable bonds is 7. The second-order valence-corrected chi connectivity index (χ2v) is 8.57. The molecule has 0 saturated carbocycles. The van der Waals surface area contributed by atoms with E-state index in [1.165, 1.54) is 22.9 Å². The van der Waals surface area contributed by atoms with E-state index in [0.717, 1.165) is 34.7 Å². The van der Waals surface area contributed by atoms with Crippen LogP contribution in [-0.4, -0.2) is 26.4 Å². The zero-order valence-corrected chi connectivity index (χ0v) is 19.3. The fourth-order valence-electron chi connectivity index (χ4n) is 3.50. The number of aromatic nitrogens is 3. The van der Waals surface area contributed by atoms with Gasteiger partial charge in [0, 0.05) is 11.3 Å². The molecule has 0 bridgehead atoms. The molecule has 1 aromatic heterocycles. The molecule has 0 saturated heterocycles. The lowest BCUT2D eigenvalue weighted by Gasteiger charge is -2.13. The molecule has 0 radical (unpaired) electrons. The molecule has 162 valence electrons. The zero-order valence-electron chi connectivity index (χ0n) is 18.5. The Morgan fingerprint density at radius 3 is 2.44 bits per heavy atom. The molecule has 6 heteroatoms. The van der Waals surface area contributed by atoms with E-state index in [2.05, 4.69) is 54.5 Å². The number of carbonyl (C=O) groups is 1. The Morgan fingerprint density at radius 2 is 1.69 bits per heavy atom. The number of benzene rings is 3. The minimum Gasteiger partial charge on any atom is -0.325 e. The van der Waals surface area contributed by atoms with Crippen molar-refractivity contribution in [3.8, 4) is 17.1 Å². The highest BCUT2D eigenvalue weighted by molar-refractivity contribution is 7.99. The van der Waals surface area contributed by atoms with Crippen LogP contribution in [0.15, 0.2) is 78.0 Å². The van der Waals surface area contributed by atoms with E-state index in [4.69, 9.17) is 0 Å². The standard InChI is InChI=1S/C26H26N4OS/c1-4-20-10-8-9-13-23(20)27-24(31)17-32-26-29-28-25(21-11-6-5-7-12-21)30(26)22-15-14-18(2)19(3)16-22/h5-16H,4,17H2,1-3H3,(H,27,31). The van der Waals surface area contributed by atoms with Crippen molar-refractivity contribution in [3.05, 3.63) is 89.5 Å². The molecule has 0 atom stereocenters. The summed E-state index contributed by atoms with van der Waals surface area (Å²) in [5, 5.41) is 12.6. The number of hydrogen-bond donors (Lipinski definition) is 1. The molecule has 0 unspecified atom stereocenters. The smallest absolute Gasteiger partial charge is 0.234 e. The van der Waals surface area contributed by atoms with Crippen molar-refractivity contribution >= 4 is 23.4 Å². The van der Waals surface area contributed by atoms with Crippen LogP contribution in [0.5, 0.6) is 0 Å². The molecule has 3 aromatic carbocycles. The van der Waals surface area contributed by atoms with Crippen molar-refractivity contribution in [3.63, 3.8) is 0 Å². The maximum Gasteiger partial charge on any atom is 0.234 e. The van der Waals surface area contributed by atoms with E-state index in [9.17, 15) is 4.79 Å². The van der Waals surface area contributed by atoms with Crippen molar-refractivity contribution in [1.82, 2.24) is 14.8 Å². The van der Waals surface area contributed by atoms with Crippen LogP contribution in [0.4, 0.5) is 5.69 Å². The van der Waals surface area contributed by atoms with Crippen molar-refractivity contribution in [1.29, 1.82) is 0 Å². The Bertz CT molecular complexity index is 1230. The Morgan fingerprint density at radius 1 is 0.938 bits per heavy atom. The lowest BCUT2D eigenvalue weighted by molar-refractivity contribution is -0.113. The second kappa shape index (κ2) is 9.83. The Labute approximate surface area is 192 Å². The van der Waals surface area contributed by atoms with Gasteiger partial charge in [0.1, 0.15) is 0 Å². The SMILES string of the molecule is CCc1ccccc1NC(=O)CSc1nnc(-c2ccccc2)n1-c1ccc(C)c(C)c1. The van der Waals surface area contributed by atoms with E-state index in [1.54, 1.807) is 0 Å². The molecule has 1 amide bonds. The summed E-state index contributed by atoms with van der Waals surface area (Å²) in [6, 6.07) is 24.2. The largest absolute Gasteiger partial charge is 0.325 e. The topological polar surface area (TPSA) is 59.8 Å². The van der Waals surface area contributed by atoms with Crippen LogP contribution in [0.3, 0.4) is 0 Å². The zero-order chi connectivity index (χ0) is 22.5. The summed E-state index contributed by atoms with van der Waals surface area (Å²) in [4.78, 5) is 12.7. The fraction of sp³-hybridized carbons (Fsp3) is 0.192. The first-order valence-corrected chi connectivity index (χ1v) is 11.6. The van der Waals surface area contributed by atoms with E-state index in [1.807, 2.05) is 59.2 Å². The van der Waals surface area contributed by atoms with Crippen LogP contribution >= 0.6 is 11.8 Å². The van der Waals surface area contributed by atoms with Gasteiger partial charge in [0.15, 0.2) is 11.0 Å². The number of carbonyl (C=O) groups excluding carboxylic acids is 1. The van der Waals surface area contributed by atoms with E-state index < -0.39 is 0 Å². The van der Waals surface area contributed by atoms with Crippen LogP contribution in [-0.2, 0) is 11.2 Å². The summed E-state index contributed by atoms with van der Waals surface area (Å²) >= 11 is 1.39. The third kappa shape index (κ3) is 4.75. The average molecular weight is 443 g/mol. The average Bonchev–Trinajstić information content (AvgIpc) is 3.24. The molecule has 0 aliphatic rings. The predicted molar refractivity (Wildman–Crippen MR) is 131 cm³/mol. The molecule has 0 spiro atoms. The highest BCUT2D eigenvalue weighted by atomic mass is 32.2. The monoisotopic (exact) mass is 442 g/mol. The molecule has 4 rings (SSSR count). The molecule has 1 heterocycles. The molecule has 5 nitrogen and oxygen atoms in total. The van der Waals surface area contributed by atoms with Crippen LogP contribution in [0.1, 0.15) is 23.6 Å². The maximum absolute atomic E-state index is 12.7. The predicted octanol–water partition coefficient (Wildman–Crippen LogP) is 5.84. The molecule has 0 aliphatic carbocycles. The third-order valence-corrected chi connectivity index (χ3v) is 6.35. The highest BCUT2D eigenvalue weighted by Gasteiger charge is 2.18. The van der Waals surface area contributed by atoms with Gasteiger partial charge in [-0.2, -0.15) is 0 Å². The molecule has 32 heavy (non-hydrogen) atoms. The van der Waals surface area contributed by atoms with Gasteiger partial charge in [0.2, 0.25) is 5.91 Å². The Kier molecular flexibility index (Phi) is 6.71. The Hall–Kier alpha value is -3.38. The molecular formula is C26H26N4OS. The summed E-state index contributed by atoms with van der Waals surface area (Å²) < 4.78 is 2.03. The summed E-state index contributed by atoms with van der Waals surface area (Å²) in [5.74, 6) is 0.940. The highest BCUT2D eigenvalue weighted by Crippen LogP contribution is 2.29. The normalized spacial score (nSPS) is 10.8. The summed E-state index contributed by atoms with van der Waals surface area (Å²) in [5.41, 5.74) is 6.37. The first-order valence-electron chi connectivity index (χ1n) is 10.7. The van der Waals surface area contributed by atoms with Gasteiger partial charge < -0.3 is 5.32 Å². The van der Waals surface area contributed by atoms with Crippen molar-refractivity contribution in [2.75, 3.05) is 11.1 Å². The lowest BCUT2D eigenvalue weighted by atomic mass is 10.1. The van der Waals surface area contributed by atoms with Crippen molar-refractivity contribution in [2.45, 2.75) is 32.3 Å². The fourth-order valence-corrected chi connectivity index (χ4v) is 4.25. The first-order chi connectivity index (χ1) is 15.6. The number of para-hydroxylation sites is 1. The number of aryl methyl sites for hydroxylation is 3. The van der Waals surface area contributed by atoms with Gasteiger partial charge in [0.25, 0.3) is 0 Å². The summed E-state index contributed by atoms with van der Waals surface area (Å²) in [6.07, 6.45) is 0.866. The van der Waals surface area contributed by atoms with Gasteiger partial charge in [-0.15, -0.1) is 10.2 Å². The van der Waals surface area contributed by atoms with Gasteiger partial charge >= 0.3 is 0 Å². The molecule has 4 aromatic rings. The number of nitrogens with zero attached hydrogens (tertiary/aromatic N) is 3. The number of thioether (sulfide) groups is 1. The van der Waals surface area contributed by atoms with Gasteiger partial charge in [-0.3, -0.25) is 9.36 Å². The van der Waals surface area contributed by atoms with E-state index in [0.29, 0.717) is 5.16 Å². The molecule has 1 N–H and O–H groups in total. The minimum atomic E-state index is -0.0632. The minimum absolute atomic E-state index is 0.0632. The summed E-state index contributed by atoms with van der Waals surface area (Å²) in [6.45, 7) is 6.27. The molecular weight excluding hydrogens is 416 g/mol. The molecule has 0 aliphatic heterocycles. The van der Waals surface area contributed by atoms with Crippen LogP contribution in [0.2, 0.25) is 0 Å². The van der Waals surface area contributed by atoms with Crippen LogP contribution in [0.25, 0.3) is 17.1 Å². The molecule has 0 fully saturated rings. The second-order valence-electron chi connectivity index (χ2n) is 7.62. The number of hydrogen-bond acceptors (Lipinski definition) is 4. The van der Waals surface area contributed by atoms with Gasteiger partial charge in [-0.05, 0) is 55.2 Å². The van der Waals surface area contributed by atoms with Crippen molar-refractivity contribution in [2.24, 2.45) is 0 Å².